The number of amides is 1. The molecule has 248 valence electrons. The van der Waals surface area contributed by atoms with Gasteiger partial charge in [0.2, 0.25) is 0 Å². The first kappa shape index (κ1) is 36.0. The third-order valence-electron chi connectivity index (χ3n) is 7.62. The zero-order valence-corrected chi connectivity index (χ0v) is 30.9. The number of fused-ring (bicyclic) bond motifs is 1. The van der Waals surface area contributed by atoms with Gasteiger partial charge in [0.05, 0.1) is 16.2 Å². The molecule has 2 aliphatic rings. The second-order valence-corrected chi connectivity index (χ2v) is 23.3. The van der Waals surface area contributed by atoms with Crippen LogP contribution in [0.1, 0.15) is 38.3 Å². The Hall–Kier alpha value is -1.84. The largest absolute Gasteiger partial charge is 0.443 e. The van der Waals surface area contributed by atoms with Crippen LogP contribution in [-0.2, 0) is 29.3 Å². The number of alkyl halides is 1. The van der Waals surface area contributed by atoms with Gasteiger partial charge in [0.1, 0.15) is 30.4 Å². The van der Waals surface area contributed by atoms with Gasteiger partial charge in [-0.15, -0.1) is 0 Å². The van der Waals surface area contributed by atoms with Gasteiger partial charge >= 0.3 is 6.09 Å². The van der Waals surface area contributed by atoms with E-state index in [2.05, 4.69) is 35.6 Å². The number of carbonyl (C=O) groups is 1. The summed E-state index contributed by atoms with van der Waals surface area (Å²) < 4.78 is 74.0. The second-order valence-electron chi connectivity index (χ2n) is 13.8. The van der Waals surface area contributed by atoms with Crippen LogP contribution >= 0.6 is 27.7 Å². The molecule has 0 N–H and O–H groups in total. The minimum atomic E-state index is -4.18. The molecule has 45 heavy (non-hydrogen) atoms. The lowest BCUT2D eigenvalue weighted by Gasteiger charge is -2.38. The highest BCUT2D eigenvalue weighted by molar-refractivity contribution is 9.10. The van der Waals surface area contributed by atoms with E-state index in [0.717, 1.165) is 23.4 Å². The van der Waals surface area contributed by atoms with Crippen molar-refractivity contribution >= 4 is 57.1 Å². The van der Waals surface area contributed by atoms with Crippen molar-refractivity contribution in [3.8, 4) is 0 Å². The minimum Gasteiger partial charge on any atom is -0.443 e. The Morgan fingerprint density at radius 1 is 1.18 bits per heavy atom. The number of benzene rings is 2. The maximum Gasteiger partial charge on any atom is 0.418 e. The van der Waals surface area contributed by atoms with Crippen LogP contribution in [-0.4, -0.2) is 69.6 Å². The average molecular weight is 748 g/mol. The van der Waals surface area contributed by atoms with E-state index in [-0.39, 0.29) is 35.4 Å². The van der Waals surface area contributed by atoms with Crippen LogP contribution in [0.15, 0.2) is 56.8 Å². The molecule has 0 saturated heterocycles. The summed E-state index contributed by atoms with van der Waals surface area (Å²) >= 11 is 4.47. The van der Waals surface area contributed by atoms with Gasteiger partial charge < -0.3 is 9.47 Å². The standard InChI is InChI=1S/C31H41BrF2N2O6S2Si/c1-21-8-11-23(12-9-21)44(38,39)41-19-30-17-26(30)31(18-33,24-16-22(32)10-13-25(24)34)35-27(43-30)36(28(37)42-29(2,3)4)20-40-14-15-45(5,6)7/h8-13,16,26H,14-15,17-20H2,1-7H3/t26-,30-,31-/m1/s1. The van der Waals surface area contributed by atoms with Gasteiger partial charge in [0.15, 0.2) is 5.17 Å². The van der Waals surface area contributed by atoms with Crippen molar-refractivity contribution in [3.05, 3.63) is 63.9 Å². The number of rotatable bonds is 11. The molecule has 4 rings (SSSR count). The van der Waals surface area contributed by atoms with Crippen molar-refractivity contribution in [3.63, 3.8) is 0 Å². The molecule has 2 aromatic carbocycles. The first-order chi connectivity index (χ1) is 20.8. The quantitative estimate of drug-likeness (QED) is 0.1000. The van der Waals surface area contributed by atoms with Gasteiger partial charge in [0, 0.05) is 30.6 Å². The van der Waals surface area contributed by atoms with Crippen LogP contribution in [0.25, 0.3) is 0 Å². The summed E-state index contributed by atoms with van der Waals surface area (Å²) in [6.07, 6.45) is -0.505. The Morgan fingerprint density at radius 2 is 1.84 bits per heavy atom. The monoisotopic (exact) mass is 746 g/mol. The van der Waals surface area contributed by atoms with Gasteiger partial charge in [-0.3, -0.25) is 4.18 Å². The molecule has 1 amide bonds. The highest BCUT2D eigenvalue weighted by Crippen LogP contribution is 2.67. The molecule has 1 aliphatic heterocycles. The molecule has 2 aromatic rings. The van der Waals surface area contributed by atoms with Crippen molar-refractivity contribution < 1.29 is 35.6 Å². The number of halogens is 3. The van der Waals surface area contributed by atoms with Gasteiger partial charge in [-0.2, -0.15) is 8.42 Å². The molecular formula is C31H41BrF2N2O6S2Si. The van der Waals surface area contributed by atoms with Gasteiger partial charge in [-0.1, -0.05) is 65.0 Å². The van der Waals surface area contributed by atoms with Crippen molar-refractivity contribution in [2.24, 2.45) is 10.9 Å². The van der Waals surface area contributed by atoms with Crippen LogP contribution in [0.5, 0.6) is 0 Å². The van der Waals surface area contributed by atoms with Crippen LogP contribution in [0, 0.1) is 18.7 Å². The van der Waals surface area contributed by atoms with E-state index < -0.39 is 58.6 Å². The highest BCUT2D eigenvalue weighted by atomic mass is 79.9. The zero-order valence-electron chi connectivity index (χ0n) is 26.7. The number of aliphatic imine (C=N–C) groups is 1. The van der Waals surface area contributed by atoms with E-state index in [4.69, 9.17) is 18.6 Å². The molecule has 14 heteroatoms. The summed E-state index contributed by atoms with van der Waals surface area (Å²) in [4.78, 5) is 19.5. The Morgan fingerprint density at radius 3 is 2.44 bits per heavy atom. The maximum absolute atomic E-state index is 15.5. The predicted molar refractivity (Wildman–Crippen MR) is 179 cm³/mol. The molecule has 1 aliphatic carbocycles. The molecule has 0 spiro atoms. The maximum atomic E-state index is 15.5. The lowest BCUT2D eigenvalue weighted by molar-refractivity contribution is 0.0108. The Balaban J connectivity index is 1.76. The molecule has 0 aromatic heterocycles. The number of amidine groups is 1. The van der Waals surface area contributed by atoms with E-state index >= 15 is 8.78 Å². The van der Waals surface area contributed by atoms with E-state index in [1.165, 1.54) is 35.2 Å². The number of carbonyl (C=O) groups excluding carboxylic acids is 1. The van der Waals surface area contributed by atoms with Crippen molar-refractivity contribution in [1.82, 2.24) is 4.90 Å². The molecule has 1 heterocycles. The molecule has 1 saturated carbocycles. The minimum absolute atomic E-state index is 0.00534. The van der Waals surface area contributed by atoms with Crippen molar-refractivity contribution in [1.29, 1.82) is 0 Å². The lowest BCUT2D eigenvalue weighted by Crippen LogP contribution is -2.47. The number of thioether (sulfide) groups is 1. The molecule has 8 nitrogen and oxygen atoms in total. The Kier molecular flexibility index (Phi) is 10.7. The first-order valence-electron chi connectivity index (χ1n) is 14.7. The SMILES string of the molecule is Cc1ccc(S(=O)(=O)OC[C@]23C[C@H]2[C@@](CF)(c2cc(Br)ccc2F)N=C(N(COCC[Si](C)(C)C)C(=O)OC(C)(C)C)S3)cc1. The topological polar surface area (TPSA) is 94.5 Å². The number of aryl methyl sites for hydroxylation is 1. The Labute approximate surface area is 278 Å². The van der Waals surface area contributed by atoms with Crippen LogP contribution in [0.4, 0.5) is 13.6 Å². The van der Waals surface area contributed by atoms with E-state index in [0.29, 0.717) is 11.1 Å². The fourth-order valence-electron chi connectivity index (χ4n) is 5.02. The third-order valence-corrected chi connectivity index (χ3v) is 12.6. The second kappa shape index (κ2) is 13.3. The normalized spacial score (nSPS) is 23.2. The summed E-state index contributed by atoms with van der Waals surface area (Å²) in [5, 5.41) is 0.0411. The van der Waals surface area contributed by atoms with Crippen LogP contribution in [0.3, 0.4) is 0 Å². The van der Waals surface area contributed by atoms with Gasteiger partial charge in [-0.25, -0.2) is 23.5 Å². The zero-order chi connectivity index (χ0) is 33.4. The smallest absolute Gasteiger partial charge is 0.418 e. The summed E-state index contributed by atoms with van der Waals surface area (Å²) in [7, 11) is -5.63. The molecule has 1 fully saturated rings. The summed E-state index contributed by atoms with van der Waals surface area (Å²) in [5.41, 5.74) is -1.75. The number of ether oxygens (including phenoxy) is 2. The number of hydrogen-bond acceptors (Lipinski definition) is 8. The number of nitrogens with zero attached hydrogens (tertiary/aromatic N) is 2. The van der Waals surface area contributed by atoms with Gasteiger partial charge in [0.25, 0.3) is 10.1 Å². The van der Waals surface area contributed by atoms with E-state index in [1.807, 2.05) is 6.92 Å². The van der Waals surface area contributed by atoms with Crippen molar-refractivity contribution in [2.75, 3.05) is 26.6 Å². The van der Waals surface area contributed by atoms with E-state index in [9.17, 15) is 13.2 Å². The van der Waals surface area contributed by atoms with Crippen LogP contribution < -0.4 is 0 Å². The molecule has 0 radical (unpaired) electrons. The molecule has 0 bridgehead atoms. The van der Waals surface area contributed by atoms with Crippen LogP contribution in [0.2, 0.25) is 25.7 Å². The highest BCUT2D eigenvalue weighted by Gasteiger charge is 2.69. The van der Waals surface area contributed by atoms with Gasteiger partial charge in [-0.05, 0) is 70.5 Å². The summed E-state index contributed by atoms with van der Waals surface area (Å²) in [6, 6.07) is 11.3. The molecular weight excluding hydrogens is 706 g/mol. The number of hydrogen-bond donors (Lipinski definition) is 0. The lowest BCUT2D eigenvalue weighted by atomic mass is 9.85. The fraction of sp³-hybridized carbons (Fsp3) is 0.548. The fourth-order valence-corrected chi connectivity index (χ4v) is 8.70. The Bertz CT molecular complexity index is 1550. The third kappa shape index (κ3) is 8.55. The molecule has 3 atom stereocenters. The average Bonchev–Trinajstić information content (AvgIpc) is 3.67. The van der Waals surface area contributed by atoms with Crippen molar-refractivity contribution in [2.45, 2.75) is 80.6 Å². The summed E-state index contributed by atoms with van der Waals surface area (Å²) in [6.45, 7) is 12.3. The first-order valence-corrected chi connectivity index (χ1v) is 21.4. The molecule has 0 unspecified atom stereocenters. The van der Waals surface area contributed by atoms with E-state index in [1.54, 1.807) is 32.9 Å². The summed E-state index contributed by atoms with van der Waals surface area (Å²) in [5.74, 6) is -1.30. The predicted octanol–water partition coefficient (Wildman–Crippen LogP) is 7.88.